The van der Waals surface area contributed by atoms with E-state index in [1.807, 2.05) is 49.6 Å². The molecule has 7 heteroatoms. The van der Waals surface area contributed by atoms with E-state index in [9.17, 15) is 9.59 Å². The highest BCUT2D eigenvalue weighted by Crippen LogP contribution is 2.24. The first-order chi connectivity index (χ1) is 14.0. The Morgan fingerprint density at radius 2 is 1.93 bits per heavy atom. The van der Waals surface area contributed by atoms with Crippen molar-refractivity contribution in [2.75, 3.05) is 44.7 Å². The van der Waals surface area contributed by atoms with Gasteiger partial charge in [0, 0.05) is 55.7 Å². The number of aryl methyl sites for hydroxylation is 1. The molecular weight excluding hydrogens is 368 g/mol. The molecule has 2 N–H and O–H groups in total. The second-order valence-corrected chi connectivity index (χ2v) is 7.90. The van der Waals surface area contributed by atoms with Crippen LogP contribution in [0.5, 0.6) is 0 Å². The van der Waals surface area contributed by atoms with Crippen molar-refractivity contribution in [3.05, 3.63) is 30.0 Å². The van der Waals surface area contributed by atoms with Gasteiger partial charge in [-0.3, -0.25) is 14.5 Å². The topological polar surface area (TPSA) is 75.6 Å². The summed E-state index contributed by atoms with van der Waals surface area (Å²) in [5.74, 6) is 0.254. The monoisotopic (exact) mass is 400 g/mol. The number of morpholine rings is 1. The predicted molar refractivity (Wildman–Crippen MR) is 115 cm³/mol. The van der Waals surface area contributed by atoms with Crippen molar-refractivity contribution >= 4 is 28.4 Å². The van der Waals surface area contributed by atoms with Gasteiger partial charge in [-0.25, -0.2) is 0 Å². The van der Waals surface area contributed by atoms with Crippen LogP contribution >= 0.6 is 0 Å². The summed E-state index contributed by atoms with van der Waals surface area (Å²) in [5.41, 5.74) is 2.40. The molecule has 2 amide bonds. The van der Waals surface area contributed by atoms with Gasteiger partial charge in [0.05, 0.1) is 13.2 Å². The van der Waals surface area contributed by atoms with E-state index in [1.54, 1.807) is 0 Å². The van der Waals surface area contributed by atoms with Crippen LogP contribution in [0.3, 0.4) is 0 Å². The molecule has 1 aromatic carbocycles. The van der Waals surface area contributed by atoms with Crippen molar-refractivity contribution in [2.24, 2.45) is 5.92 Å². The van der Waals surface area contributed by atoms with Gasteiger partial charge in [0.25, 0.3) is 5.91 Å². The quantitative estimate of drug-likeness (QED) is 0.714. The fourth-order valence-electron chi connectivity index (χ4n) is 3.70. The van der Waals surface area contributed by atoms with E-state index in [0.717, 1.165) is 49.4 Å². The van der Waals surface area contributed by atoms with Crippen LogP contribution in [0.25, 0.3) is 10.9 Å². The maximum absolute atomic E-state index is 12.8. The molecule has 3 rings (SSSR count). The van der Waals surface area contributed by atoms with E-state index >= 15 is 0 Å². The largest absolute Gasteiger partial charge is 0.379 e. The maximum atomic E-state index is 12.8. The van der Waals surface area contributed by atoms with Gasteiger partial charge >= 0.3 is 0 Å². The average Bonchev–Trinajstić information content (AvgIpc) is 3.06. The number of fused-ring (bicyclic) bond motifs is 1. The van der Waals surface area contributed by atoms with Crippen LogP contribution in [0, 0.1) is 5.92 Å². The molecule has 0 saturated carbocycles. The summed E-state index contributed by atoms with van der Waals surface area (Å²) in [7, 11) is 0. The van der Waals surface area contributed by atoms with Crippen LogP contribution in [0.15, 0.2) is 24.3 Å². The molecule has 0 radical (unpaired) electrons. The number of carbonyl (C=O) groups excluding carboxylic acids is 2. The standard InChI is InChI=1S/C22H32N4O3/c1-4-26-19-6-5-18(24-21(27)13-16(2)3)14-17(19)15-20(26)22(28)23-7-8-25-9-11-29-12-10-25/h5-6,14-16H,4,7-13H2,1-3H3,(H,23,28)(H,24,27). The van der Waals surface area contributed by atoms with Gasteiger partial charge in [0.15, 0.2) is 0 Å². The molecule has 2 aromatic rings. The third-order valence-electron chi connectivity index (χ3n) is 5.14. The Hall–Kier alpha value is -2.38. The first-order valence-electron chi connectivity index (χ1n) is 10.5. The number of hydrogen-bond acceptors (Lipinski definition) is 4. The Bertz CT molecular complexity index is 853. The van der Waals surface area contributed by atoms with Gasteiger partial charge in [0.1, 0.15) is 5.69 Å². The minimum Gasteiger partial charge on any atom is -0.379 e. The molecule has 29 heavy (non-hydrogen) atoms. The molecule has 1 aliphatic heterocycles. The van der Waals surface area contributed by atoms with Crippen LogP contribution in [0.2, 0.25) is 0 Å². The lowest BCUT2D eigenvalue weighted by molar-refractivity contribution is -0.116. The zero-order chi connectivity index (χ0) is 20.8. The number of rotatable bonds is 8. The summed E-state index contributed by atoms with van der Waals surface area (Å²) in [5, 5.41) is 6.94. The lowest BCUT2D eigenvalue weighted by Gasteiger charge is -2.26. The Labute approximate surface area is 172 Å². The van der Waals surface area contributed by atoms with Crippen LogP contribution in [0.1, 0.15) is 37.7 Å². The molecule has 1 aromatic heterocycles. The average molecular weight is 401 g/mol. The summed E-state index contributed by atoms with van der Waals surface area (Å²) in [4.78, 5) is 27.1. The molecule has 1 aliphatic rings. The van der Waals surface area contributed by atoms with E-state index in [1.165, 1.54) is 0 Å². The van der Waals surface area contributed by atoms with Gasteiger partial charge in [-0.1, -0.05) is 13.8 Å². The molecule has 1 fully saturated rings. The van der Waals surface area contributed by atoms with Crippen molar-refractivity contribution in [3.8, 4) is 0 Å². The summed E-state index contributed by atoms with van der Waals surface area (Å²) < 4.78 is 7.37. The highest BCUT2D eigenvalue weighted by molar-refractivity contribution is 6.00. The third-order valence-corrected chi connectivity index (χ3v) is 5.14. The van der Waals surface area contributed by atoms with E-state index < -0.39 is 0 Å². The third kappa shape index (κ3) is 5.58. The number of amides is 2. The lowest BCUT2D eigenvalue weighted by Crippen LogP contribution is -2.41. The first-order valence-corrected chi connectivity index (χ1v) is 10.5. The second kappa shape index (κ2) is 9.89. The smallest absolute Gasteiger partial charge is 0.267 e. The number of aromatic nitrogens is 1. The highest BCUT2D eigenvalue weighted by Gasteiger charge is 2.16. The maximum Gasteiger partial charge on any atom is 0.267 e. The van der Waals surface area contributed by atoms with Crippen molar-refractivity contribution in [1.82, 2.24) is 14.8 Å². The number of ether oxygens (including phenoxy) is 1. The molecule has 1 saturated heterocycles. The minimum absolute atomic E-state index is 0.00959. The van der Waals surface area contributed by atoms with Crippen molar-refractivity contribution < 1.29 is 14.3 Å². The normalized spacial score (nSPS) is 15.0. The SMILES string of the molecule is CCn1c(C(=O)NCCN2CCOCC2)cc2cc(NC(=O)CC(C)C)ccc21. The predicted octanol–water partition coefficient (Wildman–Crippen LogP) is 2.71. The van der Waals surface area contributed by atoms with Crippen LogP contribution in [0.4, 0.5) is 5.69 Å². The number of benzene rings is 1. The number of carbonyl (C=O) groups is 2. The Kier molecular flexibility index (Phi) is 7.28. The Balaban J connectivity index is 1.68. The zero-order valence-electron chi connectivity index (χ0n) is 17.7. The van der Waals surface area contributed by atoms with E-state index in [-0.39, 0.29) is 11.8 Å². The molecule has 2 heterocycles. The van der Waals surface area contributed by atoms with E-state index in [0.29, 0.717) is 31.1 Å². The van der Waals surface area contributed by atoms with Gasteiger partial charge in [-0.05, 0) is 37.1 Å². The number of nitrogens with one attached hydrogen (secondary N) is 2. The fourth-order valence-corrected chi connectivity index (χ4v) is 3.70. The van der Waals surface area contributed by atoms with Gasteiger partial charge in [-0.2, -0.15) is 0 Å². The number of hydrogen-bond donors (Lipinski definition) is 2. The second-order valence-electron chi connectivity index (χ2n) is 7.90. The summed E-state index contributed by atoms with van der Waals surface area (Å²) in [6, 6.07) is 7.70. The summed E-state index contributed by atoms with van der Waals surface area (Å²) in [6.45, 7) is 11.6. The first kappa shape index (κ1) is 21.3. The lowest BCUT2D eigenvalue weighted by atomic mass is 10.1. The van der Waals surface area contributed by atoms with Crippen molar-refractivity contribution in [1.29, 1.82) is 0 Å². The van der Waals surface area contributed by atoms with Crippen molar-refractivity contribution in [3.63, 3.8) is 0 Å². The molecule has 0 aliphatic carbocycles. The van der Waals surface area contributed by atoms with Crippen LogP contribution < -0.4 is 10.6 Å². The van der Waals surface area contributed by atoms with Crippen LogP contribution in [-0.4, -0.2) is 60.7 Å². The zero-order valence-corrected chi connectivity index (χ0v) is 17.7. The van der Waals surface area contributed by atoms with E-state index in [2.05, 4.69) is 15.5 Å². The molecule has 0 bridgehead atoms. The Morgan fingerprint density at radius 1 is 1.17 bits per heavy atom. The summed E-state index contributed by atoms with van der Waals surface area (Å²) >= 11 is 0. The van der Waals surface area contributed by atoms with Gasteiger partial charge < -0.3 is 19.9 Å². The van der Waals surface area contributed by atoms with E-state index in [4.69, 9.17) is 4.74 Å². The minimum atomic E-state index is -0.0679. The molecule has 0 unspecified atom stereocenters. The molecule has 0 spiro atoms. The highest BCUT2D eigenvalue weighted by atomic mass is 16.5. The van der Waals surface area contributed by atoms with Crippen LogP contribution in [-0.2, 0) is 16.1 Å². The Morgan fingerprint density at radius 3 is 2.62 bits per heavy atom. The number of anilines is 1. The summed E-state index contributed by atoms with van der Waals surface area (Å²) in [6.07, 6.45) is 0.491. The van der Waals surface area contributed by atoms with Crippen molar-refractivity contribution in [2.45, 2.75) is 33.7 Å². The fraction of sp³-hybridized carbons (Fsp3) is 0.545. The molecule has 7 nitrogen and oxygen atoms in total. The molecule has 0 atom stereocenters. The number of nitrogens with zero attached hydrogens (tertiary/aromatic N) is 2. The molecule has 158 valence electrons. The van der Waals surface area contributed by atoms with Gasteiger partial charge in [0.2, 0.25) is 5.91 Å². The van der Waals surface area contributed by atoms with Gasteiger partial charge in [-0.15, -0.1) is 0 Å². The molecular formula is C22H32N4O3.